The number of hydrogen-bond acceptors (Lipinski definition) is 1. The molecule has 0 bridgehead atoms. The summed E-state index contributed by atoms with van der Waals surface area (Å²) in [6.45, 7) is 19.9. The zero-order chi connectivity index (χ0) is 18.3. The number of aryl methyl sites for hydroxylation is 2. The summed E-state index contributed by atoms with van der Waals surface area (Å²) in [5.41, 5.74) is 1.82. The van der Waals surface area contributed by atoms with Crippen molar-refractivity contribution >= 4 is 5.78 Å². The largest absolute Gasteiger partial charge is 0.300 e. The Morgan fingerprint density at radius 1 is 1.05 bits per heavy atom. The molecule has 0 aromatic heterocycles. The Hall–Kier alpha value is -1.18. The molecule has 0 saturated heterocycles. The van der Waals surface area contributed by atoms with Crippen molar-refractivity contribution in [2.75, 3.05) is 0 Å². The van der Waals surface area contributed by atoms with E-state index in [1.807, 2.05) is 13.0 Å². The number of hydrogen-bond donors (Lipinski definition) is 0. The molecule has 0 saturated carbocycles. The van der Waals surface area contributed by atoms with Crippen LogP contribution in [0.3, 0.4) is 0 Å². The molecule has 1 aromatic carbocycles. The second kappa shape index (κ2) is 16.2. The first-order chi connectivity index (χ1) is 9.93. The van der Waals surface area contributed by atoms with Gasteiger partial charge in [-0.2, -0.15) is 0 Å². The van der Waals surface area contributed by atoms with E-state index in [0.717, 1.165) is 23.0 Å². The molecule has 1 rings (SSSR count). The van der Waals surface area contributed by atoms with Crippen LogP contribution < -0.4 is 0 Å². The number of carbonyl (C=O) groups is 1. The highest BCUT2D eigenvalue weighted by Crippen LogP contribution is 2.07. The molecule has 1 nitrogen and oxygen atoms in total. The molecule has 0 aliphatic heterocycles. The summed E-state index contributed by atoms with van der Waals surface area (Å²) in [6, 6.07) is 5.09. The van der Waals surface area contributed by atoms with Crippen molar-refractivity contribution < 1.29 is 9.18 Å². The van der Waals surface area contributed by atoms with E-state index < -0.39 is 0 Å². The quantitative estimate of drug-likeness (QED) is 0.560. The van der Waals surface area contributed by atoms with Gasteiger partial charge in [-0.05, 0) is 51.2 Å². The fourth-order valence-electron chi connectivity index (χ4n) is 0.795. The molecule has 0 unspecified atom stereocenters. The molecule has 0 N–H and O–H groups in total. The number of Topliss-reactive ketones (excluding diaryl/α,β-unsaturated/α-hetero) is 1. The molecule has 130 valence electrons. The van der Waals surface area contributed by atoms with Crippen LogP contribution in [0.1, 0.15) is 72.9 Å². The van der Waals surface area contributed by atoms with Crippen LogP contribution in [0.15, 0.2) is 18.2 Å². The van der Waals surface area contributed by atoms with Gasteiger partial charge in [0.1, 0.15) is 11.6 Å². The van der Waals surface area contributed by atoms with Gasteiger partial charge in [0.25, 0.3) is 0 Å². The van der Waals surface area contributed by atoms with E-state index in [0.29, 0.717) is 0 Å². The predicted octanol–water partition coefficient (Wildman–Crippen LogP) is 6.75. The van der Waals surface area contributed by atoms with Gasteiger partial charge in [-0.3, -0.25) is 0 Å². The van der Waals surface area contributed by atoms with Gasteiger partial charge in [0.2, 0.25) is 0 Å². The van der Waals surface area contributed by atoms with Crippen LogP contribution in [0.2, 0.25) is 0 Å². The van der Waals surface area contributed by atoms with Crippen molar-refractivity contribution in [1.29, 1.82) is 0 Å². The molecule has 0 aliphatic rings. The van der Waals surface area contributed by atoms with Crippen molar-refractivity contribution in [2.45, 2.75) is 75.7 Å². The van der Waals surface area contributed by atoms with Crippen molar-refractivity contribution in [1.82, 2.24) is 0 Å². The van der Waals surface area contributed by atoms with E-state index in [-0.39, 0.29) is 11.6 Å². The molecule has 0 amide bonds. The zero-order valence-corrected chi connectivity index (χ0v) is 16.4. The van der Waals surface area contributed by atoms with E-state index in [4.69, 9.17) is 0 Å². The second-order valence-corrected chi connectivity index (χ2v) is 6.70. The summed E-state index contributed by atoms with van der Waals surface area (Å²) in [5, 5.41) is 0. The van der Waals surface area contributed by atoms with Gasteiger partial charge in [-0.15, -0.1) is 0 Å². The van der Waals surface area contributed by atoms with Gasteiger partial charge >= 0.3 is 0 Å². The van der Waals surface area contributed by atoms with Crippen LogP contribution in [0.5, 0.6) is 0 Å². The Labute approximate surface area is 138 Å². The lowest BCUT2D eigenvalue weighted by Gasteiger charge is -1.95. The molecule has 1 aromatic rings. The normalized spacial score (nSPS) is 8.95. The molecule has 0 spiro atoms. The molecule has 22 heavy (non-hydrogen) atoms. The lowest BCUT2D eigenvalue weighted by molar-refractivity contribution is -0.114. The summed E-state index contributed by atoms with van der Waals surface area (Å²) in [5.74, 6) is 1.76. The maximum atomic E-state index is 12.5. The second-order valence-electron chi connectivity index (χ2n) is 6.70. The first-order valence-electron chi connectivity index (χ1n) is 8.13. The Balaban J connectivity index is -0.000000240. The lowest BCUT2D eigenvalue weighted by atomic mass is 10.1. The molecule has 0 atom stereocenters. The van der Waals surface area contributed by atoms with Gasteiger partial charge in [-0.25, -0.2) is 4.39 Å². The number of carbonyl (C=O) groups excluding carboxylic acids is 1. The summed E-state index contributed by atoms with van der Waals surface area (Å²) < 4.78 is 12.5. The monoisotopic (exact) mass is 312 g/mol. The van der Waals surface area contributed by atoms with Gasteiger partial charge < -0.3 is 4.79 Å². The number of halogens is 1. The number of ketones is 1. The molecule has 2 heteroatoms. The van der Waals surface area contributed by atoms with Crippen molar-refractivity contribution in [2.24, 2.45) is 11.8 Å². The van der Waals surface area contributed by atoms with Gasteiger partial charge in [-0.1, -0.05) is 65.7 Å². The predicted molar refractivity (Wildman–Crippen MR) is 97.9 cm³/mol. The summed E-state index contributed by atoms with van der Waals surface area (Å²) in [6.07, 6.45) is 1.31. The van der Waals surface area contributed by atoms with E-state index in [1.165, 1.54) is 26.3 Å². The minimum absolute atomic E-state index is 0.124. The van der Waals surface area contributed by atoms with Crippen LogP contribution in [0, 0.1) is 31.5 Å². The van der Waals surface area contributed by atoms with E-state index in [2.05, 4.69) is 41.5 Å². The highest BCUT2D eigenvalue weighted by molar-refractivity contribution is 5.72. The van der Waals surface area contributed by atoms with Crippen molar-refractivity contribution in [3.63, 3.8) is 0 Å². The minimum atomic E-state index is -0.124. The number of benzene rings is 1. The molecule has 0 fully saturated rings. The highest BCUT2D eigenvalue weighted by atomic mass is 19.1. The Morgan fingerprint density at radius 3 is 1.55 bits per heavy atom. The highest BCUT2D eigenvalue weighted by Gasteiger charge is 1.93. The van der Waals surface area contributed by atoms with E-state index >= 15 is 0 Å². The average molecular weight is 313 g/mol. The van der Waals surface area contributed by atoms with Crippen LogP contribution in [-0.4, -0.2) is 5.78 Å². The van der Waals surface area contributed by atoms with Crippen LogP contribution in [0.25, 0.3) is 0 Å². The molecule has 0 radical (unpaired) electrons. The maximum absolute atomic E-state index is 12.5. The Morgan fingerprint density at radius 2 is 1.36 bits per heavy atom. The summed E-state index contributed by atoms with van der Waals surface area (Å²) >= 11 is 0. The molecular weight excluding hydrogens is 275 g/mol. The van der Waals surface area contributed by atoms with Gasteiger partial charge in [0.15, 0.2) is 0 Å². The smallest absolute Gasteiger partial charge is 0.126 e. The summed E-state index contributed by atoms with van der Waals surface area (Å²) in [4.78, 5) is 9.44. The third-order valence-electron chi connectivity index (χ3n) is 2.13. The topological polar surface area (TPSA) is 17.1 Å². The maximum Gasteiger partial charge on any atom is 0.126 e. The number of rotatable bonds is 1. The average Bonchev–Trinajstić information content (AvgIpc) is 2.33. The fraction of sp³-hybridized carbons (Fsp3) is 0.650. The molecule has 0 aliphatic carbocycles. The Kier molecular flexibility index (Phi) is 19.0. The fourth-order valence-corrected chi connectivity index (χ4v) is 0.795. The third-order valence-corrected chi connectivity index (χ3v) is 2.13. The minimum Gasteiger partial charge on any atom is -0.300 e. The van der Waals surface area contributed by atoms with Crippen molar-refractivity contribution in [3.05, 3.63) is 35.1 Å². The van der Waals surface area contributed by atoms with Crippen LogP contribution >= 0.6 is 0 Å². The van der Waals surface area contributed by atoms with Crippen LogP contribution in [-0.2, 0) is 4.79 Å². The summed E-state index contributed by atoms with van der Waals surface area (Å²) in [7, 11) is 0. The first kappa shape index (κ1) is 25.8. The SMILES string of the molecule is CC(C)=O.CC(C)C.CCC(C)C.Cc1ccc(F)c(C)c1. The van der Waals surface area contributed by atoms with Crippen LogP contribution in [0.4, 0.5) is 4.39 Å². The molecule has 0 heterocycles. The van der Waals surface area contributed by atoms with Crippen molar-refractivity contribution in [3.8, 4) is 0 Å². The van der Waals surface area contributed by atoms with Gasteiger partial charge in [0.05, 0.1) is 0 Å². The van der Waals surface area contributed by atoms with Gasteiger partial charge in [0, 0.05) is 0 Å². The first-order valence-corrected chi connectivity index (χ1v) is 8.13. The Bertz CT molecular complexity index is 375. The lowest BCUT2D eigenvalue weighted by Crippen LogP contribution is -1.81. The zero-order valence-electron chi connectivity index (χ0n) is 16.4. The third kappa shape index (κ3) is 31.3. The van der Waals surface area contributed by atoms with E-state index in [1.54, 1.807) is 13.0 Å². The van der Waals surface area contributed by atoms with E-state index in [9.17, 15) is 9.18 Å². The standard InChI is InChI=1S/C8H9F.C5H12.C4H10.C3H6O/c1-6-3-4-8(9)7(2)5-6;1-4-5(2)3;1-4(2)3;1-3(2)4/h3-5H,1-2H3;5H,4H2,1-3H3;4H,1-3H3;1-2H3. The molecular formula is C20H37FO.